The third-order valence-electron chi connectivity index (χ3n) is 3.98. The average molecular weight is 403 g/mol. The zero-order valence-electron chi connectivity index (χ0n) is 14.6. The van der Waals surface area contributed by atoms with Gasteiger partial charge in [-0.15, -0.1) is 23.1 Å². The summed E-state index contributed by atoms with van der Waals surface area (Å²) in [5.41, 5.74) is 2.32. The number of nitrogens with one attached hydrogen (secondary N) is 1. The number of hydrogen-bond donors (Lipinski definition) is 1. The van der Waals surface area contributed by atoms with Crippen molar-refractivity contribution in [1.82, 2.24) is 9.66 Å². The number of benzene rings is 1. The van der Waals surface area contributed by atoms with Crippen LogP contribution in [0.2, 0.25) is 0 Å². The highest BCUT2D eigenvalue weighted by atomic mass is 32.2. The fourth-order valence-corrected chi connectivity index (χ4v) is 4.30. The topological polar surface area (TPSA) is 82.5 Å². The first-order valence-corrected chi connectivity index (χ1v) is 10.3. The molecular formula is C18H17N3O4S2. The van der Waals surface area contributed by atoms with Crippen molar-refractivity contribution in [3.8, 4) is 11.5 Å². The number of nitrogens with zero attached hydrogens (tertiary/aromatic N) is 2. The summed E-state index contributed by atoms with van der Waals surface area (Å²) >= 11 is 2.85. The molecule has 140 valence electrons. The number of aryl methyl sites for hydroxylation is 1. The second-order valence-corrected chi connectivity index (χ2v) is 8.00. The molecule has 4 rings (SSSR count). The van der Waals surface area contributed by atoms with E-state index in [0.29, 0.717) is 34.9 Å². The van der Waals surface area contributed by atoms with E-state index in [4.69, 9.17) is 9.47 Å². The van der Waals surface area contributed by atoms with Crippen LogP contribution in [0.15, 0.2) is 40.3 Å². The number of amides is 1. The molecule has 0 saturated heterocycles. The van der Waals surface area contributed by atoms with Crippen molar-refractivity contribution < 1.29 is 14.3 Å². The van der Waals surface area contributed by atoms with Crippen LogP contribution in [0.25, 0.3) is 10.2 Å². The van der Waals surface area contributed by atoms with E-state index >= 15 is 0 Å². The zero-order valence-corrected chi connectivity index (χ0v) is 16.2. The quantitative estimate of drug-likeness (QED) is 0.660. The third kappa shape index (κ3) is 3.79. The van der Waals surface area contributed by atoms with E-state index in [9.17, 15) is 9.59 Å². The second kappa shape index (κ2) is 7.61. The van der Waals surface area contributed by atoms with Gasteiger partial charge >= 0.3 is 0 Å². The van der Waals surface area contributed by atoms with Crippen molar-refractivity contribution >= 4 is 39.2 Å². The van der Waals surface area contributed by atoms with Crippen molar-refractivity contribution in [2.45, 2.75) is 18.2 Å². The molecule has 0 fully saturated rings. The van der Waals surface area contributed by atoms with Gasteiger partial charge in [-0.25, -0.2) is 9.66 Å². The standard InChI is InChI=1S/C18H17N3O4S2/c1-2-11-7-13-17(27-11)19-10-21(18(13)23)20-16(22)9-26-12-3-4-14-15(8-12)25-6-5-24-14/h3-4,7-8,10H,2,5-6,9H2,1H3,(H,20,22). The number of thiophene rings is 1. The molecule has 7 nitrogen and oxygen atoms in total. The molecule has 9 heteroatoms. The maximum absolute atomic E-state index is 12.5. The van der Waals surface area contributed by atoms with Crippen LogP contribution in [-0.2, 0) is 11.2 Å². The van der Waals surface area contributed by atoms with Gasteiger partial charge in [0, 0.05) is 9.77 Å². The molecule has 1 amide bonds. The number of rotatable bonds is 5. The number of aromatic nitrogens is 2. The van der Waals surface area contributed by atoms with Gasteiger partial charge in [0.05, 0.1) is 11.1 Å². The Hall–Kier alpha value is -2.52. The van der Waals surface area contributed by atoms with Gasteiger partial charge in [-0.2, -0.15) is 0 Å². The van der Waals surface area contributed by atoms with Crippen LogP contribution >= 0.6 is 23.1 Å². The molecule has 1 aliphatic rings. The lowest BCUT2D eigenvalue weighted by Crippen LogP contribution is -2.33. The Kier molecular flexibility index (Phi) is 5.04. The van der Waals surface area contributed by atoms with Crippen LogP contribution in [-0.4, -0.2) is 34.5 Å². The maximum atomic E-state index is 12.5. The molecule has 0 unspecified atom stereocenters. The summed E-state index contributed by atoms with van der Waals surface area (Å²) in [4.78, 5) is 31.7. The lowest BCUT2D eigenvalue weighted by molar-refractivity contribution is -0.114. The van der Waals surface area contributed by atoms with Gasteiger partial charge in [0.15, 0.2) is 11.5 Å². The molecule has 27 heavy (non-hydrogen) atoms. The molecular weight excluding hydrogens is 386 g/mol. The predicted octanol–water partition coefficient (Wildman–Crippen LogP) is 2.65. The Bertz CT molecular complexity index is 1060. The van der Waals surface area contributed by atoms with E-state index in [-0.39, 0.29) is 17.2 Å². The number of thioether (sulfide) groups is 1. The smallest absolute Gasteiger partial charge is 0.280 e. The molecule has 1 N–H and O–H groups in total. The van der Waals surface area contributed by atoms with Crippen LogP contribution in [0.3, 0.4) is 0 Å². The Labute approximate surface area is 163 Å². The highest BCUT2D eigenvalue weighted by Gasteiger charge is 2.14. The minimum absolute atomic E-state index is 0.161. The van der Waals surface area contributed by atoms with Crippen LogP contribution < -0.4 is 20.5 Å². The molecule has 3 heterocycles. The highest BCUT2D eigenvalue weighted by molar-refractivity contribution is 8.00. The summed E-state index contributed by atoms with van der Waals surface area (Å²) in [7, 11) is 0. The monoisotopic (exact) mass is 403 g/mol. The second-order valence-electron chi connectivity index (χ2n) is 5.83. The zero-order chi connectivity index (χ0) is 18.8. The van der Waals surface area contributed by atoms with Crippen molar-refractivity contribution in [3.63, 3.8) is 0 Å². The molecule has 1 aromatic carbocycles. The fourth-order valence-electron chi connectivity index (χ4n) is 2.66. The largest absolute Gasteiger partial charge is 0.486 e. The molecule has 0 bridgehead atoms. The summed E-state index contributed by atoms with van der Waals surface area (Å²) < 4.78 is 12.2. The van der Waals surface area contributed by atoms with Crippen molar-refractivity contribution in [2.75, 3.05) is 24.4 Å². The van der Waals surface area contributed by atoms with Crippen molar-refractivity contribution in [3.05, 3.63) is 45.8 Å². The Morgan fingerprint density at radius 3 is 2.93 bits per heavy atom. The molecule has 0 radical (unpaired) electrons. The summed E-state index contributed by atoms with van der Waals surface area (Å²) in [5, 5.41) is 0.527. The first kappa shape index (κ1) is 17.9. The third-order valence-corrected chi connectivity index (χ3v) is 6.16. The summed E-state index contributed by atoms with van der Waals surface area (Å²) in [6, 6.07) is 7.40. The van der Waals surface area contributed by atoms with Gasteiger partial charge in [0.1, 0.15) is 24.4 Å². The van der Waals surface area contributed by atoms with Crippen molar-refractivity contribution in [1.29, 1.82) is 0 Å². The Morgan fingerprint density at radius 2 is 2.11 bits per heavy atom. The van der Waals surface area contributed by atoms with Gasteiger partial charge < -0.3 is 9.47 Å². The average Bonchev–Trinajstić information content (AvgIpc) is 3.13. The molecule has 2 aromatic heterocycles. The van der Waals surface area contributed by atoms with Gasteiger partial charge in [-0.3, -0.25) is 15.0 Å². The van der Waals surface area contributed by atoms with Crippen molar-refractivity contribution in [2.24, 2.45) is 0 Å². The van der Waals surface area contributed by atoms with Crippen LogP contribution in [0, 0.1) is 0 Å². The lowest BCUT2D eigenvalue weighted by atomic mass is 10.3. The van der Waals surface area contributed by atoms with Crippen LogP contribution in [0.4, 0.5) is 0 Å². The normalized spacial score (nSPS) is 12.9. The first-order valence-electron chi connectivity index (χ1n) is 8.46. The van der Waals surface area contributed by atoms with Gasteiger partial charge in [0.2, 0.25) is 5.91 Å². The fraction of sp³-hybridized carbons (Fsp3) is 0.278. The number of hydrogen-bond acceptors (Lipinski definition) is 7. The predicted molar refractivity (Wildman–Crippen MR) is 106 cm³/mol. The van der Waals surface area contributed by atoms with E-state index in [2.05, 4.69) is 10.4 Å². The first-order chi connectivity index (χ1) is 13.1. The molecule has 0 saturated carbocycles. The number of carbonyl (C=O) groups is 1. The number of fused-ring (bicyclic) bond motifs is 2. The van der Waals surface area contributed by atoms with Crippen LogP contribution in [0.5, 0.6) is 11.5 Å². The van der Waals surface area contributed by atoms with Gasteiger partial charge in [-0.1, -0.05) is 6.92 Å². The molecule has 1 aliphatic heterocycles. The van der Waals surface area contributed by atoms with Gasteiger partial charge in [0.25, 0.3) is 5.56 Å². The highest BCUT2D eigenvalue weighted by Crippen LogP contribution is 2.34. The molecule has 0 spiro atoms. The molecule has 3 aromatic rings. The summed E-state index contributed by atoms with van der Waals surface area (Å²) in [6.45, 7) is 3.08. The molecule has 0 atom stereocenters. The van der Waals surface area contributed by atoms with Gasteiger partial charge in [-0.05, 0) is 30.7 Å². The minimum Gasteiger partial charge on any atom is -0.486 e. The number of ether oxygens (including phenoxy) is 2. The Morgan fingerprint density at radius 1 is 1.30 bits per heavy atom. The van der Waals surface area contributed by atoms with Crippen LogP contribution in [0.1, 0.15) is 11.8 Å². The lowest BCUT2D eigenvalue weighted by Gasteiger charge is -2.18. The SMILES string of the molecule is CCc1cc2c(=O)n(NC(=O)CSc3ccc4c(c3)OCCO4)cnc2s1. The van der Waals surface area contributed by atoms with E-state index in [1.54, 1.807) is 0 Å². The van der Waals surface area contributed by atoms with E-state index in [0.717, 1.165) is 20.9 Å². The van der Waals surface area contributed by atoms with E-state index in [1.807, 2.05) is 31.2 Å². The van der Waals surface area contributed by atoms with E-state index < -0.39 is 0 Å². The minimum atomic E-state index is -0.288. The van der Waals surface area contributed by atoms with E-state index in [1.165, 1.54) is 29.4 Å². The Balaban J connectivity index is 1.43. The summed E-state index contributed by atoms with van der Waals surface area (Å²) in [5.74, 6) is 1.27. The number of carbonyl (C=O) groups excluding carboxylic acids is 1. The molecule has 0 aliphatic carbocycles. The summed E-state index contributed by atoms with van der Waals surface area (Å²) in [6.07, 6.45) is 2.20. The maximum Gasteiger partial charge on any atom is 0.280 e.